The molecule has 1 amide bonds. The van der Waals surface area contributed by atoms with Crippen LogP contribution in [-0.2, 0) is 6.18 Å². The van der Waals surface area contributed by atoms with Crippen molar-refractivity contribution in [1.29, 1.82) is 0 Å². The van der Waals surface area contributed by atoms with Gasteiger partial charge < -0.3 is 10.6 Å². The normalized spacial score (nSPS) is 14.3. The highest BCUT2D eigenvalue weighted by Crippen LogP contribution is 2.35. The van der Waals surface area contributed by atoms with E-state index in [0.29, 0.717) is 6.54 Å². The summed E-state index contributed by atoms with van der Waals surface area (Å²) >= 11 is 0. The highest BCUT2D eigenvalue weighted by molar-refractivity contribution is 5.92. The van der Waals surface area contributed by atoms with Crippen LogP contribution in [0.2, 0.25) is 0 Å². The first-order valence-corrected chi connectivity index (χ1v) is 9.16. The van der Waals surface area contributed by atoms with E-state index in [4.69, 9.17) is 0 Å². The maximum absolute atomic E-state index is 13.1. The average molecular weight is 390 g/mol. The molecule has 0 spiro atoms. The van der Waals surface area contributed by atoms with Crippen LogP contribution in [-0.4, -0.2) is 22.4 Å². The fourth-order valence-corrected chi connectivity index (χ4v) is 3.06. The molecule has 5 nitrogen and oxygen atoms in total. The van der Waals surface area contributed by atoms with Crippen molar-refractivity contribution in [2.45, 2.75) is 38.3 Å². The van der Waals surface area contributed by atoms with Gasteiger partial charge in [-0.2, -0.15) is 13.2 Å². The van der Waals surface area contributed by atoms with Crippen molar-refractivity contribution in [2.24, 2.45) is 0 Å². The topological polar surface area (TPSA) is 66.9 Å². The number of carbonyl (C=O) groups is 1. The minimum Gasteiger partial charge on any atom is -0.350 e. The SMILES string of the molecule is O=C(NCCC1=CCCCC1)c1ccnc(Nc2ccccc2C(F)(F)F)n1. The van der Waals surface area contributed by atoms with E-state index in [-0.39, 0.29) is 23.2 Å². The summed E-state index contributed by atoms with van der Waals surface area (Å²) in [5.74, 6) is -0.453. The summed E-state index contributed by atoms with van der Waals surface area (Å²) in [6, 6.07) is 6.47. The van der Waals surface area contributed by atoms with Crippen LogP contribution in [0.4, 0.5) is 24.8 Å². The number of amides is 1. The van der Waals surface area contributed by atoms with Crippen molar-refractivity contribution < 1.29 is 18.0 Å². The molecule has 3 rings (SSSR count). The zero-order valence-corrected chi connectivity index (χ0v) is 15.2. The van der Waals surface area contributed by atoms with Gasteiger partial charge in [-0.05, 0) is 50.3 Å². The number of para-hydroxylation sites is 1. The van der Waals surface area contributed by atoms with Gasteiger partial charge >= 0.3 is 6.18 Å². The standard InChI is InChI=1S/C20H21F3N4O/c21-20(22,23)15-8-4-5-9-16(15)26-19-25-13-11-17(27-19)18(28)24-12-10-14-6-2-1-3-7-14/h4-6,8-9,11,13H,1-3,7,10,12H2,(H,24,28)(H,25,26,27). The fourth-order valence-electron chi connectivity index (χ4n) is 3.06. The van der Waals surface area contributed by atoms with Gasteiger partial charge in [0, 0.05) is 12.7 Å². The molecule has 1 aromatic heterocycles. The van der Waals surface area contributed by atoms with Gasteiger partial charge in [0.05, 0.1) is 11.3 Å². The molecule has 2 N–H and O–H groups in total. The Bertz CT molecular complexity index is 865. The number of allylic oxidation sites excluding steroid dienone is 1. The van der Waals surface area contributed by atoms with E-state index in [1.165, 1.54) is 48.9 Å². The van der Waals surface area contributed by atoms with Crippen LogP contribution < -0.4 is 10.6 Å². The number of alkyl halides is 3. The first-order chi connectivity index (χ1) is 13.4. The Kier molecular flexibility index (Phi) is 6.28. The van der Waals surface area contributed by atoms with E-state index < -0.39 is 11.7 Å². The molecule has 0 aliphatic heterocycles. The number of nitrogens with zero attached hydrogens (tertiary/aromatic N) is 2. The van der Waals surface area contributed by atoms with Crippen molar-refractivity contribution in [2.75, 3.05) is 11.9 Å². The van der Waals surface area contributed by atoms with Crippen LogP contribution in [0.5, 0.6) is 0 Å². The predicted octanol–water partition coefficient (Wildman–Crippen LogP) is 4.86. The Morgan fingerprint density at radius 1 is 1.14 bits per heavy atom. The predicted molar refractivity (Wildman–Crippen MR) is 100 cm³/mol. The molecule has 1 heterocycles. The lowest BCUT2D eigenvalue weighted by atomic mass is 9.97. The fraction of sp³-hybridized carbons (Fsp3) is 0.350. The minimum absolute atomic E-state index is 0.0701. The molecule has 0 radical (unpaired) electrons. The summed E-state index contributed by atoms with van der Waals surface area (Å²) in [6.07, 6.45) is 4.39. The van der Waals surface area contributed by atoms with Gasteiger partial charge in [-0.15, -0.1) is 0 Å². The van der Waals surface area contributed by atoms with Crippen LogP contribution in [0.3, 0.4) is 0 Å². The van der Waals surface area contributed by atoms with Crippen LogP contribution in [0.25, 0.3) is 0 Å². The maximum Gasteiger partial charge on any atom is 0.418 e. The van der Waals surface area contributed by atoms with Gasteiger partial charge in [0.2, 0.25) is 5.95 Å². The highest BCUT2D eigenvalue weighted by atomic mass is 19.4. The number of nitrogens with one attached hydrogen (secondary N) is 2. The molecule has 1 aromatic carbocycles. The van der Waals surface area contributed by atoms with Gasteiger partial charge in [0.25, 0.3) is 5.91 Å². The summed E-state index contributed by atoms with van der Waals surface area (Å²) < 4.78 is 39.3. The second kappa shape index (κ2) is 8.86. The summed E-state index contributed by atoms with van der Waals surface area (Å²) in [4.78, 5) is 20.2. The summed E-state index contributed by atoms with van der Waals surface area (Å²) in [5, 5.41) is 5.35. The van der Waals surface area contributed by atoms with Crippen molar-refractivity contribution >= 4 is 17.5 Å². The number of rotatable bonds is 6. The first kappa shape index (κ1) is 19.9. The number of anilines is 2. The molecular formula is C20H21F3N4O. The van der Waals surface area contributed by atoms with Gasteiger partial charge in [-0.3, -0.25) is 4.79 Å². The Morgan fingerprint density at radius 3 is 2.71 bits per heavy atom. The lowest BCUT2D eigenvalue weighted by molar-refractivity contribution is -0.136. The molecule has 1 aliphatic rings. The van der Waals surface area contributed by atoms with E-state index in [2.05, 4.69) is 26.7 Å². The molecule has 2 aromatic rings. The van der Waals surface area contributed by atoms with Gasteiger partial charge in [0.15, 0.2) is 0 Å². The first-order valence-electron chi connectivity index (χ1n) is 9.16. The molecule has 0 saturated heterocycles. The Labute approximate surface area is 161 Å². The second-order valence-corrected chi connectivity index (χ2v) is 6.55. The molecule has 0 saturated carbocycles. The molecule has 0 fully saturated rings. The molecule has 0 bridgehead atoms. The van der Waals surface area contributed by atoms with E-state index in [9.17, 15) is 18.0 Å². The molecule has 0 unspecified atom stereocenters. The third-order valence-corrected chi connectivity index (χ3v) is 4.48. The van der Waals surface area contributed by atoms with Gasteiger partial charge in [0.1, 0.15) is 5.69 Å². The largest absolute Gasteiger partial charge is 0.418 e. The number of halogens is 3. The Hall–Kier alpha value is -2.90. The smallest absolute Gasteiger partial charge is 0.350 e. The Morgan fingerprint density at radius 2 is 1.96 bits per heavy atom. The monoisotopic (exact) mass is 390 g/mol. The quantitative estimate of drug-likeness (QED) is 0.692. The number of benzene rings is 1. The second-order valence-electron chi connectivity index (χ2n) is 6.55. The summed E-state index contributed by atoms with van der Waals surface area (Å²) in [5.41, 5.74) is 0.450. The van der Waals surface area contributed by atoms with E-state index >= 15 is 0 Å². The van der Waals surface area contributed by atoms with Gasteiger partial charge in [-0.1, -0.05) is 23.8 Å². The van der Waals surface area contributed by atoms with Crippen molar-refractivity contribution in [3.63, 3.8) is 0 Å². The Balaban J connectivity index is 1.64. The number of carbonyl (C=O) groups excluding carboxylic acids is 1. The van der Waals surface area contributed by atoms with Crippen molar-refractivity contribution in [1.82, 2.24) is 15.3 Å². The molecule has 0 atom stereocenters. The van der Waals surface area contributed by atoms with Crippen LogP contribution >= 0.6 is 0 Å². The van der Waals surface area contributed by atoms with Gasteiger partial charge in [-0.25, -0.2) is 9.97 Å². The average Bonchev–Trinajstić information content (AvgIpc) is 2.68. The van der Waals surface area contributed by atoms with Crippen LogP contribution in [0.1, 0.15) is 48.2 Å². The zero-order valence-electron chi connectivity index (χ0n) is 15.2. The number of aromatic nitrogens is 2. The summed E-state index contributed by atoms with van der Waals surface area (Å²) in [7, 11) is 0. The van der Waals surface area contributed by atoms with Crippen LogP contribution in [0.15, 0.2) is 48.2 Å². The third kappa shape index (κ3) is 5.31. The highest BCUT2D eigenvalue weighted by Gasteiger charge is 2.33. The van der Waals surface area contributed by atoms with E-state index in [1.807, 2.05) is 0 Å². The lowest BCUT2D eigenvalue weighted by Crippen LogP contribution is -2.26. The summed E-state index contributed by atoms with van der Waals surface area (Å²) in [6.45, 7) is 0.494. The van der Waals surface area contributed by atoms with E-state index in [0.717, 1.165) is 25.3 Å². The number of hydrogen-bond donors (Lipinski definition) is 2. The molecular weight excluding hydrogens is 369 g/mol. The molecule has 8 heteroatoms. The zero-order chi connectivity index (χ0) is 20.0. The van der Waals surface area contributed by atoms with Crippen molar-refractivity contribution in [3.05, 3.63) is 59.4 Å². The van der Waals surface area contributed by atoms with Crippen molar-refractivity contribution in [3.8, 4) is 0 Å². The molecule has 28 heavy (non-hydrogen) atoms. The molecule has 148 valence electrons. The lowest BCUT2D eigenvalue weighted by Gasteiger charge is -2.14. The maximum atomic E-state index is 13.1. The van der Waals surface area contributed by atoms with Crippen LogP contribution in [0, 0.1) is 0 Å². The third-order valence-electron chi connectivity index (χ3n) is 4.48. The number of hydrogen-bond acceptors (Lipinski definition) is 4. The minimum atomic E-state index is -4.51. The van der Waals surface area contributed by atoms with E-state index in [1.54, 1.807) is 0 Å². The molecule has 1 aliphatic carbocycles.